The third-order valence-electron chi connectivity index (χ3n) is 1.42. The van der Waals surface area contributed by atoms with E-state index in [0.29, 0.717) is 0 Å². The molecule has 2 amide bonds. The van der Waals surface area contributed by atoms with Gasteiger partial charge in [-0.25, -0.2) is 4.79 Å². The van der Waals surface area contributed by atoms with Gasteiger partial charge in [0.05, 0.1) is 5.69 Å². The number of carbonyl (C=O) groups is 3. The van der Waals surface area contributed by atoms with Crippen LogP contribution in [0.25, 0.3) is 0 Å². The van der Waals surface area contributed by atoms with Crippen molar-refractivity contribution in [2.24, 2.45) is 5.73 Å². The summed E-state index contributed by atoms with van der Waals surface area (Å²) < 4.78 is 0. The summed E-state index contributed by atoms with van der Waals surface area (Å²) >= 11 is 1.07. The molecule has 82 valence electrons. The zero-order chi connectivity index (χ0) is 12.1. The first-order valence-corrected chi connectivity index (χ1v) is 4.82. The van der Waals surface area contributed by atoms with Gasteiger partial charge in [-0.2, -0.15) is 0 Å². The summed E-state index contributed by atoms with van der Waals surface area (Å²) in [5.74, 6) is 0.595. The lowest BCUT2D eigenvalue weighted by Gasteiger charge is -1.98. The number of hydrogen-bond donors (Lipinski definition) is 3. The number of hydrogen-bond acceptors (Lipinski definition) is 4. The van der Waals surface area contributed by atoms with Crippen molar-refractivity contribution in [3.63, 3.8) is 0 Å². The van der Waals surface area contributed by atoms with Gasteiger partial charge < -0.3 is 16.2 Å². The first-order chi connectivity index (χ1) is 7.50. The number of carboxylic acids is 1. The Labute approximate surface area is 94.1 Å². The predicted molar refractivity (Wildman–Crippen MR) is 56.9 cm³/mol. The zero-order valence-corrected chi connectivity index (χ0v) is 8.63. The van der Waals surface area contributed by atoms with Gasteiger partial charge in [0, 0.05) is 11.8 Å². The van der Waals surface area contributed by atoms with E-state index in [1.165, 1.54) is 6.07 Å². The highest BCUT2D eigenvalue weighted by Crippen LogP contribution is 2.21. The molecule has 0 aliphatic carbocycles. The van der Waals surface area contributed by atoms with E-state index in [1.54, 1.807) is 11.3 Å². The molecule has 0 aliphatic heterocycles. The van der Waals surface area contributed by atoms with Crippen LogP contribution in [0.5, 0.6) is 0 Å². The maximum Gasteiger partial charge on any atom is 0.382 e. The second-order valence-electron chi connectivity index (χ2n) is 2.54. The Bertz CT molecular complexity index is 509. The zero-order valence-electron chi connectivity index (χ0n) is 7.81. The van der Waals surface area contributed by atoms with Crippen molar-refractivity contribution in [1.82, 2.24) is 0 Å². The monoisotopic (exact) mass is 238 g/mol. The molecule has 1 rings (SSSR count). The molecule has 4 N–H and O–H groups in total. The Hall–Kier alpha value is -2.33. The SMILES string of the molecule is NC(=O)c1sccc1NC(=O)C#CC(=O)O. The van der Waals surface area contributed by atoms with Crippen LogP contribution in [-0.4, -0.2) is 22.9 Å². The molecular weight excluding hydrogens is 232 g/mol. The van der Waals surface area contributed by atoms with Crippen molar-refractivity contribution in [1.29, 1.82) is 0 Å². The average Bonchev–Trinajstić information content (AvgIpc) is 2.62. The average molecular weight is 238 g/mol. The number of carboxylic acid groups (broad SMARTS) is 1. The van der Waals surface area contributed by atoms with E-state index < -0.39 is 17.8 Å². The van der Waals surface area contributed by atoms with E-state index in [0.717, 1.165) is 11.3 Å². The fourth-order valence-electron chi connectivity index (χ4n) is 0.862. The van der Waals surface area contributed by atoms with Gasteiger partial charge in [-0.3, -0.25) is 9.59 Å². The van der Waals surface area contributed by atoms with Crippen LogP contribution < -0.4 is 11.1 Å². The Balaban J connectivity index is 2.79. The highest BCUT2D eigenvalue weighted by molar-refractivity contribution is 7.12. The number of anilines is 1. The summed E-state index contributed by atoms with van der Waals surface area (Å²) in [5, 5.41) is 12.0. The standard InChI is InChI=1S/C9H6N2O4S/c10-9(15)8-5(3-4-16-8)11-6(12)1-2-7(13)14/h3-4H,(H2,10,15)(H,11,12)(H,13,14). The van der Waals surface area contributed by atoms with Crippen LogP contribution in [0.2, 0.25) is 0 Å². The molecule has 1 heterocycles. The molecule has 0 saturated carbocycles. The number of nitrogens with one attached hydrogen (secondary N) is 1. The first kappa shape index (κ1) is 11.7. The number of aliphatic carboxylic acids is 1. The molecule has 0 spiro atoms. The normalized spacial score (nSPS) is 8.75. The second kappa shape index (κ2) is 4.95. The van der Waals surface area contributed by atoms with E-state index in [2.05, 4.69) is 5.32 Å². The van der Waals surface area contributed by atoms with Gasteiger partial charge in [0.2, 0.25) is 0 Å². The summed E-state index contributed by atoms with van der Waals surface area (Å²) in [6.45, 7) is 0. The molecule has 0 atom stereocenters. The van der Waals surface area contributed by atoms with E-state index in [-0.39, 0.29) is 10.6 Å². The van der Waals surface area contributed by atoms with Gasteiger partial charge >= 0.3 is 11.9 Å². The number of thiophene rings is 1. The maximum absolute atomic E-state index is 11.1. The fraction of sp³-hybridized carbons (Fsp3) is 0. The number of primary amides is 1. The molecule has 1 aromatic rings. The van der Waals surface area contributed by atoms with Crippen molar-refractivity contribution in [2.75, 3.05) is 5.32 Å². The highest BCUT2D eigenvalue weighted by Gasteiger charge is 2.11. The molecule has 1 aromatic heterocycles. The summed E-state index contributed by atoms with van der Waals surface area (Å²) in [6.07, 6.45) is 0. The van der Waals surface area contributed by atoms with Crippen molar-refractivity contribution in [2.45, 2.75) is 0 Å². The van der Waals surface area contributed by atoms with Gasteiger partial charge in [-0.15, -0.1) is 11.3 Å². The Morgan fingerprint density at radius 2 is 2.06 bits per heavy atom. The molecule has 0 aromatic carbocycles. The van der Waals surface area contributed by atoms with Gasteiger partial charge in [0.25, 0.3) is 5.91 Å². The van der Waals surface area contributed by atoms with E-state index >= 15 is 0 Å². The largest absolute Gasteiger partial charge is 0.472 e. The fourth-order valence-corrected chi connectivity index (χ4v) is 1.56. The lowest BCUT2D eigenvalue weighted by Crippen LogP contribution is -2.15. The van der Waals surface area contributed by atoms with Crippen molar-refractivity contribution >= 4 is 34.8 Å². The minimum Gasteiger partial charge on any atom is -0.472 e. The summed E-state index contributed by atoms with van der Waals surface area (Å²) in [6, 6.07) is 1.48. The minimum atomic E-state index is -1.41. The molecule has 0 radical (unpaired) electrons. The second-order valence-corrected chi connectivity index (χ2v) is 3.45. The topological polar surface area (TPSA) is 109 Å². The smallest absolute Gasteiger partial charge is 0.382 e. The Morgan fingerprint density at radius 3 is 2.62 bits per heavy atom. The van der Waals surface area contributed by atoms with Crippen LogP contribution in [0.3, 0.4) is 0 Å². The van der Waals surface area contributed by atoms with Crippen LogP contribution >= 0.6 is 11.3 Å². The lowest BCUT2D eigenvalue weighted by atomic mass is 10.3. The van der Waals surface area contributed by atoms with Crippen molar-refractivity contribution < 1.29 is 19.5 Å². The van der Waals surface area contributed by atoms with Crippen molar-refractivity contribution in [3.8, 4) is 11.8 Å². The van der Waals surface area contributed by atoms with Gasteiger partial charge in [0.1, 0.15) is 4.88 Å². The van der Waals surface area contributed by atoms with Crippen LogP contribution in [0, 0.1) is 11.8 Å². The van der Waals surface area contributed by atoms with Gasteiger partial charge in [0.15, 0.2) is 0 Å². The molecule has 0 saturated heterocycles. The molecule has 7 heteroatoms. The quantitative estimate of drug-likeness (QED) is 0.623. The van der Waals surface area contributed by atoms with Crippen molar-refractivity contribution in [3.05, 3.63) is 16.3 Å². The number of carbonyl (C=O) groups excluding carboxylic acids is 2. The summed E-state index contributed by atoms with van der Waals surface area (Å²) in [4.78, 5) is 32.2. The number of nitrogens with two attached hydrogens (primary N) is 1. The Kier molecular flexibility index (Phi) is 3.63. The van der Waals surface area contributed by atoms with Crippen LogP contribution in [0.4, 0.5) is 5.69 Å². The summed E-state index contributed by atoms with van der Waals surface area (Å²) in [5.41, 5.74) is 5.27. The highest BCUT2D eigenvalue weighted by atomic mass is 32.1. The Morgan fingerprint density at radius 1 is 1.38 bits per heavy atom. The predicted octanol–water partition coefficient (Wildman–Crippen LogP) is -0.127. The third kappa shape index (κ3) is 3.11. The number of amides is 2. The maximum atomic E-state index is 11.1. The first-order valence-electron chi connectivity index (χ1n) is 3.94. The molecule has 0 aliphatic rings. The van der Waals surface area contributed by atoms with Crippen LogP contribution in [0.1, 0.15) is 9.67 Å². The molecule has 16 heavy (non-hydrogen) atoms. The lowest BCUT2D eigenvalue weighted by molar-refractivity contribution is -0.130. The van der Waals surface area contributed by atoms with E-state index in [4.69, 9.17) is 10.8 Å². The van der Waals surface area contributed by atoms with Crippen LogP contribution in [-0.2, 0) is 9.59 Å². The molecule has 0 bridgehead atoms. The molecule has 0 fully saturated rings. The minimum absolute atomic E-state index is 0.186. The molecule has 6 nitrogen and oxygen atoms in total. The summed E-state index contributed by atoms with van der Waals surface area (Å²) in [7, 11) is 0. The number of rotatable bonds is 2. The van der Waals surface area contributed by atoms with E-state index in [1.807, 2.05) is 5.92 Å². The van der Waals surface area contributed by atoms with Gasteiger partial charge in [-0.05, 0) is 11.4 Å². The van der Waals surface area contributed by atoms with Crippen LogP contribution in [0.15, 0.2) is 11.4 Å². The molecular formula is C9H6N2O4S. The van der Waals surface area contributed by atoms with Gasteiger partial charge in [-0.1, -0.05) is 0 Å². The van der Waals surface area contributed by atoms with E-state index in [9.17, 15) is 14.4 Å². The third-order valence-corrected chi connectivity index (χ3v) is 2.35. The molecule has 0 unspecified atom stereocenters.